The maximum absolute atomic E-state index is 14.0. The molecule has 0 aliphatic carbocycles. The van der Waals surface area contributed by atoms with Crippen molar-refractivity contribution in [1.82, 2.24) is 10.2 Å². The first-order valence-electron chi connectivity index (χ1n) is 13.2. The highest BCUT2D eigenvalue weighted by atomic mass is 32.2. The van der Waals surface area contributed by atoms with Crippen molar-refractivity contribution in [2.75, 3.05) is 24.0 Å². The highest BCUT2D eigenvalue weighted by molar-refractivity contribution is 7.92. The number of unbranched alkanes of at least 4 members (excludes halogenated alkanes) is 1. The maximum atomic E-state index is 14.0. The second-order valence-corrected chi connectivity index (χ2v) is 10.9. The summed E-state index contributed by atoms with van der Waals surface area (Å²) in [7, 11) is -4.15. The number of ether oxygens (including phenoxy) is 1. The van der Waals surface area contributed by atoms with E-state index in [-0.39, 0.29) is 23.0 Å². The minimum Gasteiger partial charge on any atom is -0.492 e. The normalized spacial score (nSPS) is 11.9. The summed E-state index contributed by atoms with van der Waals surface area (Å²) < 4.78 is 34.6. The van der Waals surface area contributed by atoms with Crippen molar-refractivity contribution in [3.63, 3.8) is 0 Å². The molecule has 0 heterocycles. The fourth-order valence-corrected chi connectivity index (χ4v) is 5.52. The van der Waals surface area contributed by atoms with Gasteiger partial charge in [-0.05, 0) is 50.1 Å². The molecule has 0 radical (unpaired) electrons. The van der Waals surface area contributed by atoms with Crippen LogP contribution in [0.2, 0.25) is 0 Å². The standard InChI is InChI=1S/C30H37N3O5S/c1-4-6-21-31-30(35)24(3)32(22-25-15-9-7-10-16-25)29(34)23-33(27-19-13-14-20-28(27)38-5-2)39(36,37)26-17-11-8-12-18-26/h7-20,24H,4-6,21-23H2,1-3H3,(H,31,35)/t24-/m0/s1. The fraction of sp³-hybridized carbons (Fsp3) is 0.333. The Morgan fingerprint density at radius 3 is 2.15 bits per heavy atom. The number of nitrogens with zero attached hydrogens (tertiary/aromatic N) is 2. The molecule has 9 heteroatoms. The number of nitrogens with one attached hydrogen (secondary N) is 1. The van der Waals surface area contributed by atoms with Crippen LogP contribution in [-0.2, 0) is 26.2 Å². The Morgan fingerprint density at radius 2 is 1.51 bits per heavy atom. The van der Waals surface area contributed by atoms with Crippen LogP contribution in [0.1, 0.15) is 39.2 Å². The summed E-state index contributed by atoms with van der Waals surface area (Å²) in [5.41, 5.74) is 1.07. The number of carbonyl (C=O) groups is 2. The van der Waals surface area contributed by atoms with Gasteiger partial charge in [-0.2, -0.15) is 0 Å². The van der Waals surface area contributed by atoms with E-state index >= 15 is 0 Å². The van der Waals surface area contributed by atoms with E-state index < -0.39 is 28.5 Å². The molecule has 0 bridgehead atoms. The van der Waals surface area contributed by atoms with Gasteiger partial charge < -0.3 is 15.0 Å². The number of amides is 2. The molecule has 1 N–H and O–H groups in total. The lowest BCUT2D eigenvalue weighted by Gasteiger charge is -2.32. The van der Waals surface area contributed by atoms with E-state index in [0.717, 1.165) is 22.7 Å². The molecule has 208 valence electrons. The first-order chi connectivity index (χ1) is 18.8. The first kappa shape index (κ1) is 29.7. The number of carbonyl (C=O) groups excluding carboxylic acids is 2. The number of rotatable bonds is 14. The second-order valence-electron chi connectivity index (χ2n) is 9.05. The summed E-state index contributed by atoms with van der Waals surface area (Å²) in [6.45, 7) is 5.95. The average Bonchev–Trinajstić information content (AvgIpc) is 2.95. The highest BCUT2D eigenvalue weighted by Gasteiger charge is 2.33. The molecule has 3 aromatic rings. The van der Waals surface area contributed by atoms with Crippen molar-refractivity contribution in [2.24, 2.45) is 0 Å². The smallest absolute Gasteiger partial charge is 0.264 e. The van der Waals surface area contributed by atoms with Crippen LogP contribution >= 0.6 is 0 Å². The predicted molar refractivity (Wildman–Crippen MR) is 153 cm³/mol. The summed E-state index contributed by atoms with van der Waals surface area (Å²) in [5.74, 6) is -0.463. The molecular formula is C30H37N3O5S. The number of hydrogen-bond donors (Lipinski definition) is 1. The van der Waals surface area contributed by atoms with Gasteiger partial charge in [0, 0.05) is 13.1 Å². The van der Waals surface area contributed by atoms with Crippen LogP contribution in [0.3, 0.4) is 0 Å². The number of benzene rings is 3. The lowest BCUT2D eigenvalue weighted by molar-refractivity contribution is -0.139. The zero-order chi connectivity index (χ0) is 28.3. The summed E-state index contributed by atoms with van der Waals surface area (Å²) in [5, 5.41) is 2.89. The van der Waals surface area contributed by atoms with Crippen LogP contribution < -0.4 is 14.4 Å². The number of anilines is 1. The van der Waals surface area contributed by atoms with E-state index in [1.165, 1.54) is 17.0 Å². The minimum atomic E-state index is -4.15. The van der Waals surface area contributed by atoms with Crippen molar-refractivity contribution in [1.29, 1.82) is 0 Å². The van der Waals surface area contributed by atoms with Crippen LogP contribution in [0.25, 0.3) is 0 Å². The van der Waals surface area contributed by atoms with E-state index in [1.54, 1.807) is 56.3 Å². The average molecular weight is 552 g/mol. The molecule has 0 aliphatic rings. The third-order valence-corrected chi connectivity index (χ3v) is 8.01. The molecule has 8 nitrogen and oxygen atoms in total. The largest absolute Gasteiger partial charge is 0.492 e. The SMILES string of the molecule is CCCCNC(=O)[C@H](C)N(Cc1ccccc1)C(=O)CN(c1ccccc1OCC)S(=O)(=O)c1ccccc1. The fourth-order valence-electron chi connectivity index (χ4n) is 4.07. The van der Waals surface area contributed by atoms with Crippen LogP contribution in [0.5, 0.6) is 5.75 Å². The summed E-state index contributed by atoms with van der Waals surface area (Å²) in [6.07, 6.45) is 1.75. The number of hydrogen-bond acceptors (Lipinski definition) is 5. The lowest BCUT2D eigenvalue weighted by atomic mass is 10.1. The monoisotopic (exact) mass is 551 g/mol. The Labute approximate surface area is 231 Å². The molecule has 3 rings (SSSR count). The van der Waals surface area contributed by atoms with Crippen molar-refractivity contribution < 1.29 is 22.7 Å². The van der Waals surface area contributed by atoms with Gasteiger partial charge in [-0.15, -0.1) is 0 Å². The molecule has 0 spiro atoms. The Hall–Kier alpha value is -3.85. The zero-order valence-electron chi connectivity index (χ0n) is 22.7. The number of sulfonamides is 1. The van der Waals surface area contributed by atoms with E-state index in [2.05, 4.69) is 5.32 Å². The van der Waals surface area contributed by atoms with Gasteiger partial charge in [0.1, 0.15) is 18.3 Å². The predicted octanol–water partition coefficient (Wildman–Crippen LogP) is 4.61. The number of para-hydroxylation sites is 2. The molecule has 2 amide bonds. The van der Waals surface area contributed by atoms with Gasteiger partial charge in [-0.1, -0.05) is 74.0 Å². The van der Waals surface area contributed by atoms with Crippen LogP contribution in [0.15, 0.2) is 89.8 Å². The van der Waals surface area contributed by atoms with Gasteiger partial charge in [-0.3, -0.25) is 13.9 Å². The Bertz CT molecular complexity index is 1320. The summed E-state index contributed by atoms with van der Waals surface area (Å²) >= 11 is 0. The molecule has 0 aliphatic heterocycles. The van der Waals surface area contributed by atoms with Gasteiger partial charge in [0.05, 0.1) is 17.2 Å². The topological polar surface area (TPSA) is 96.0 Å². The molecule has 0 saturated carbocycles. The molecular weight excluding hydrogens is 514 g/mol. The van der Waals surface area contributed by atoms with Crippen molar-refractivity contribution in [3.05, 3.63) is 90.5 Å². The van der Waals surface area contributed by atoms with Gasteiger partial charge in [0.2, 0.25) is 11.8 Å². The van der Waals surface area contributed by atoms with Gasteiger partial charge >= 0.3 is 0 Å². The molecule has 0 aromatic heterocycles. The molecule has 1 atom stereocenters. The van der Waals surface area contributed by atoms with Crippen molar-refractivity contribution >= 4 is 27.5 Å². The van der Waals surface area contributed by atoms with E-state index in [1.807, 2.05) is 37.3 Å². The molecule has 3 aromatic carbocycles. The van der Waals surface area contributed by atoms with Gasteiger partial charge in [-0.25, -0.2) is 8.42 Å². The van der Waals surface area contributed by atoms with Gasteiger partial charge in [0.15, 0.2) is 0 Å². The van der Waals surface area contributed by atoms with E-state index in [0.29, 0.717) is 18.9 Å². The molecule has 0 unspecified atom stereocenters. The quantitative estimate of drug-likeness (QED) is 0.295. The van der Waals surface area contributed by atoms with Crippen LogP contribution in [0.4, 0.5) is 5.69 Å². The maximum Gasteiger partial charge on any atom is 0.264 e. The highest BCUT2D eigenvalue weighted by Crippen LogP contribution is 2.32. The summed E-state index contributed by atoms with van der Waals surface area (Å²) in [4.78, 5) is 28.4. The Kier molecular flexibility index (Phi) is 10.9. The minimum absolute atomic E-state index is 0.0454. The van der Waals surface area contributed by atoms with Crippen LogP contribution in [-0.4, -0.2) is 50.9 Å². The molecule has 0 fully saturated rings. The zero-order valence-corrected chi connectivity index (χ0v) is 23.6. The molecule has 0 saturated heterocycles. The van der Waals surface area contributed by atoms with Crippen molar-refractivity contribution in [3.8, 4) is 5.75 Å². The lowest BCUT2D eigenvalue weighted by Crippen LogP contribution is -2.51. The van der Waals surface area contributed by atoms with E-state index in [4.69, 9.17) is 4.74 Å². The summed E-state index contributed by atoms with van der Waals surface area (Å²) in [6, 6.07) is 23.2. The van der Waals surface area contributed by atoms with Crippen LogP contribution in [0, 0.1) is 0 Å². The third-order valence-electron chi connectivity index (χ3n) is 6.24. The Morgan fingerprint density at radius 1 is 0.897 bits per heavy atom. The third kappa shape index (κ3) is 7.83. The van der Waals surface area contributed by atoms with E-state index in [9.17, 15) is 18.0 Å². The first-order valence-corrected chi connectivity index (χ1v) is 14.6. The Balaban J connectivity index is 2.02. The van der Waals surface area contributed by atoms with Gasteiger partial charge in [0.25, 0.3) is 10.0 Å². The second kappa shape index (κ2) is 14.3. The molecule has 39 heavy (non-hydrogen) atoms. The van der Waals surface area contributed by atoms with Crippen molar-refractivity contribution in [2.45, 2.75) is 51.1 Å².